The summed E-state index contributed by atoms with van der Waals surface area (Å²) >= 11 is 0. The molecule has 1 saturated carbocycles. The third-order valence-corrected chi connectivity index (χ3v) is 2.82. The van der Waals surface area contributed by atoms with Gasteiger partial charge in [0, 0.05) is 24.2 Å². The van der Waals surface area contributed by atoms with Crippen LogP contribution < -0.4 is 10.5 Å². The first-order valence-corrected chi connectivity index (χ1v) is 5.88. The number of benzene rings is 1. The molecule has 0 aromatic heterocycles. The molecular formula is C12H16N2O4. The Morgan fingerprint density at radius 1 is 1.44 bits per heavy atom. The fourth-order valence-corrected chi connectivity index (χ4v) is 1.58. The maximum atomic E-state index is 10.6. The van der Waals surface area contributed by atoms with Crippen LogP contribution in [0.15, 0.2) is 18.2 Å². The van der Waals surface area contributed by atoms with Crippen molar-refractivity contribution in [2.75, 3.05) is 13.4 Å². The molecule has 2 rings (SSSR count). The fourth-order valence-electron chi connectivity index (χ4n) is 1.58. The van der Waals surface area contributed by atoms with Gasteiger partial charge in [0.25, 0.3) is 5.69 Å². The summed E-state index contributed by atoms with van der Waals surface area (Å²) in [4.78, 5) is 10.2. The Kier molecular flexibility index (Phi) is 4.11. The van der Waals surface area contributed by atoms with Crippen LogP contribution in [0.1, 0.15) is 18.4 Å². The Morgan fingerprint density at radius 2 is 2.22 bits per heavy atom. The van der Waals surface area contributed by atoms with Crippen molar-refractivity contribution in [3.63, 3.8) is 0 Å². The van der Waals surface area contributed by atoms with Gasteiger partial charge in [0.05, 0.1) is 11.5 Å². The molecule has 1 aliphatic rings. The molecule has 0 radical (unpaired) electrons. The predicted molar refractivity (Wildman–Crippen MR) is 65.2 cm³/mol. The quantitative estimate of drug-likeness (QED) is 0.346. The van der Waals surface area contributed by atoms with Crippen LogP contribution in [0.4, 0.5) is 5.69 Å². The number of non-ortho nitro benzene ring substituents is 1. The zero-order chi connectivity index (χ0) is 13.0. The van der Waals surface area contributed by atoms with Gasteiger partial charge in [-0.05, 0) is 24.8 Å². The summed E-state index contributed by atoms with van der Waals surface area (Å²) in [7, 11) is 0. The van der Waals surface area contributed by atoms with Crippen LogP contribution in [0.3, 0.4) is 0 Å². The van der Waals surface area contributed by atoms with Gasteiger partial charge in [0.1, 0.15) is 5.75 Å². The molecule has 1 aliphatic carbocycles. The molecule has 0 atom stereocenters. The fraction of sp³-hybridized carbons (Fsp3) is 0.500. The van der Waals surface area contributed by atoms with E-state index < -0.39 is 4.92 Å². The van der Waals surface area contributed by atoms with Crippen molar-refractivity contribution < 1.29 is 14.4 Å². The first kappa shape index (κ1) is 12.8. The Hall–Kier alpha value is -1.66. The van der Waals surface area contributed by atoms with E-state index in [-0.39, 0.29) is 19.0 Å². The van der Waals surface area contributed by atoms with Gasteiger partial charge in [-0.25, -0.2) is 0 Å². The minimum atomic E-state index is -0.452. The summed E-state index contributed by atoms with van der Waals surface area (Å²) < 4.78 is 10.8. The predicted octanol–water partition coefficient (Wildman–Crippen LogP) is 1.82. The smallest absolute Gasteiger partial charge is 0.270 e. The second kappa shape index (κ2) is 5.79. The summed E-state index contributed by atoms with van der Waals surface area (Å²) in [6.45, 7) is 1.06. The highest BCUT2D eigenvalue weighted by Crippen LogP contribution is 2.29. The lowest BCUT2D eigenvalue weighted by Crippen LogP contribution is -2.08. The molecule has 1 aromatic carbocycles. The molecule has 1 aromatic rings. The highest BCUT2D eigenvalue weighted by Gasteiger charge is 2.21. The molecule has 18 heavy (non-hydrogen) atoms. The molecule has 0 heterocycles. The summed E-state index contributed by atoms with van der Waals surface area (Å²) in [6, 6.07) is 4.38. The maximum Gasteiger partial charge on any atom is 0.270 e. The van der Waals surface area contributed by atoms with Gasteiger partial charge in [0.2, 0.25) is 0 Å². The first-order chi connectivity index (χ1) is 8.70. The van der Waals surface area contributed by atoms with Crippen molar-refractivity contribution in [2.45, 2.75) is 19.4 Å². The van der Waals surface area contributed by atoms with Crippen LogP contribution in [-0.2, 0) is 11.3 Å². The maximum absolute atomic E-state index is 10.6. The van der Waals surface area contributed by atoms with Crippen LogP contribution in [0.2, 0.25) is 0 Å². The number of hydrogen-bond donors (Lipinski definition) is 1. The summed E-state index contributed by atoms with van der Waals surface area (Å²) in [5, 5.41) is 10.6. The van der Waals surface area contributed by atoms with E-state index >= 15 is 0 Å². The monoisotopic (exact) mass is 252 g/mol. The van der Waals surface area contributed by atoms with E-state index in [1.807, 2.05) is 0 Å². The van der Waals surface area contributed by atoms with Crippen LogP contribution in [0, 0.1) is 16.0 Å². The molecule has 0 bridgehead atoms. The van der Waals surface area contributed by atoms with Crippen molar-refractivity contribution in [2.24, 2.45) is 11.7 Å². The lowest BCUT2D eigenvalue weighted by atomic mass is 10.2. The zero-order valence-corrected chi connectivity index (χ0v) is 10.0. The van der Waals surface area contributed by atoms with E-state index in [1.165, 1.54) is 25.0 Å². The molecule has 98 valence electrons. The topological polar surface area (TPSA) is 87.6 Å². The molecule has 6 heteroatoms. The number of ether oxygens (including phenoxy) is 2. The highest BCUT2D eigenvalue weighted by molar-refractivity contribution is 5.43. The van der Waals surface area contributed by atoms with Gasteiger partial charge in [0.15, 0.2) is 6.79 Å². The second-order valence-electron chi connectivity index (χ2n) is 4.33. The number of nitro groups is 1. The van der Waals surface area contributed by atoms with Crippen molar-refractivity contribution in [1.82, 2.24) is 0 Å². The normalized spacial score (nSPS) is 14.5. The molecule has 2 N–H and O–H groups in total. The Bertz CT molecular complexity index is 432. The van der Waals surface area contributed by atoms with Gasteiger partial charge in [-0.2, -0.15) is 0 Å². The third kappa shape index (κ3) is 3.41. The molecule has 0 amide bonds. The number of nitro benzene ring substituents is 1. The van der Waals surface area contributed by atoms with Gasteiger partial charge < -0.3 is 15.2 Å². The first-order valence-electron chi connectivity index (χ1n) is 5.88. The van der Waals surface area contributed by atoms with Crippen LogP contribution in [0.25, 0.3) is 0 Å². The largest absolute Gasteiger partial charge is 0.467 e. The van der Waals surface area contributed by atoms with E-state index in [0.717, 1.165) is 0 Å². The lowest BCUT2D eigenvalue weighted by molar-refractivity contribution is -0.384. The average Bonchev–Trinajstić information content (AvgIpc) is 3.18. The second-order valence-corrected chi connectivity index (χ2v) is 4.33. The van der Waals surface area contributed by atoms with Gasteiger partial charge >= 0.3 is 0 Å². The Balaban J connectivity index is 1.91. The van der Waals surface area contributed by atoms with E-state index in [4.69, 9.17) is 15.2 Å². The molecule has 6 nitrogen and oxygen atoms in total. The van der Waals surface area contributed by atoms with E-state index in [9.17, 15) is 10.1 Å². The highest BCUT2D eigenvalue weighted by atomic mass is 16.7. The summed E-state index contributed by atoms with van der Waals surface area (Å²) in [6.07, 6.45) is 2.46. The standard InChI is InChI=1S/C12H16N2O4/c13-6-10-5-11(14(15)16)3-4-12(10)18-8-17-7-9-1-2-9/h3-5,9H,1-2,6-8,13H2. The molecule has 0 spiro atoms. The third-order valence-electron chi connectivity index (χ3n) is 2.82. The molecule has 1 fully saturated rings. The van der Waals surface area contributed by atoms with Crippen molar-refractivity contribution in [3.05, 3.63) is 33.9 Å². The van der Waals surface area contributed by atoms with E-state index in [2.05, 4.69) is 0 Å². The number of nitrogens with two attached hydrogens (primary N) is 1. The van der Waals surface area contributed by atoms with Crippen LogP contribution in [0.5, 0.6) is 5.75 Å². The van der Waals surface area contributed by atoms with Gasteiger partial charge in [-0.1, -0.05) is 0 Å². The van der Waals surface area contributed by atoms with E-state index in [0.29, 0.717) is 23.8 Å². The SMILES string of the molecule is NCc1cc([N+](=O)[O-])ccc1OCOCC1CC1. The number of nitrogens with zero attached hydrogens (tertiary/aromatic N) is 1. The summed E-state index contributed by atoms with van der Waals surface area (Å²) in [5.74, 6) is 1.22. The van der Waals surface area contributed by atoms with Gasteiger partial charge in [-0.3, -0.25) is 10.1 Å². The minimum absolute atomic E-state index is 0.0155. The van der Waals surface area contributed by atoms with Crippen molar-refractivity contribution in [3.8, 4) is 5.75 Å². The summed E-state index contributed by atoms with van der Waals surface area (Å²) in [5.41, 5.74) is 6.16. The Morgan fingerprint density at radius 3 is 2.83 bits per heavy atom. The van der Waals surface area contributed by atoms with Crippen molar-refractivity contribution in [1.29, 1.82) is 0 Å². The van der Waals surface area contributed by atoms with Crippen LogP contribution >= 0.6 is 0 Å². The molecular weight excluding hydrogens is 236 g/mol. The van der Waals surface area contributed by atoms with Crippen LogP contribution in [-0.4, -0.2) is 18.3 Å². The average molecular weight is 252 g/mol. The molecule has 0 saturated heterocycles. The number of rotatable bonds is 7. The molecule has 0 aliphatic heterocycles. The number of hydrogen-bond acceptors (Lipinski definition) is 5. The minimum Gasteiger partial charge on any atom is -0.467 e. The Labute approximate surface area is 105 Å². The van der Waals surface area contributed by atoms with Crippen molar-refractivity contribution >= 4 is 5.69 Å². The van der Waals surface area contributed by atoms with E-state index in [1.54, 1.807) is 6.07 Å². The lowest BCUT2D eigenvalue weighted by Gasteiger charge is -2.10. The molecule has 0 unspecified atom stereocenters. The zero-order valence-electron chi connectivity index (χ0n) is 10.0. The van der Waals surface area contributed by atoms with Gasteiger partial charge in [-0.15, -0.1) is 0 Å².